The third-order valence-electron chi connectivity index (χ3n) is 10.7. The number of nitrogens with two attached hydrogens (primary N) is 1. The largest absolute Gasteiger partial charge is 0.418 e. The number of alkyl halides is 6. The van der Waals surface area contributed by atoms with E-state index in [0.717, 1.165) is 43.9 Å². The molecule has 0 unspecified atom stereocenters. The van der Waals surface area contributed by atoms with Crippen molar-refractivity contribution in [3.05, 3.63) is 45.1 Å². The number of piperidine rings is 2. The summed E-state index contributed by atoms with van der Waals surface area (Å²) in [7, 11) is 2.07. The number of carbonyl (C=O) groups excluding carboxylic acids is 3. The molecule has 0 radical (unpaired) electrons. The number of hydrogen-bond donors (Lipinski definition) is 3. The number of benzene rings is 1. The van der Waals surface area contributed by atoms with Crippen LogP contribution in [0.4, 0.5) is 47.3 Å². The van der Waals surface area contributed by atoms with Gasteiger partial charge in [-0.2, -0.15) is 26.3 Å². The van der Waals surface area contributed by atoms with E-state index in [2.05, 4.69) is 27.5 Å². The molecule has 5 heterocycles. The summed E-state index contributed by atoms with van der Waals surface area (Å²) >= 11 is 1.49. The number of likely N-dealkylation sites (N-methyl/N-ethyl adjacent to an activating group) is 1. The SMILES string of the molecule is CN1CCCN(C2CCN(C(=O)[C@@H](Cc3cc(C(F)(F)F)c(N)c(C(F)(F)F)c3)NC(=O)N3CCC(N4Cc5cscc5NC4=O)CC3)CC2)CC1. The Labute approximate surface area is 302 Å². The van der Waals surface area contributed by atoms with Crippen LogP contribution in [0.25, 0.3) is 0 Å². The van der Waals surface area contributed by atoms with Gasteiger partial charge in [0.25, 0.3) is 0 Å². The van der Waals surface area contributed by atoms with Crippen LogP contribution in [-0.2, 0) is 30.1 Å². The summed E-state index contributed by atoms with van der Waals surface area (Å²) in [6.45, 7) is 5.30. The molecule has 4 N–H and O–H groups in total. The molecular formula is C34H44F6N8O3S. The van der Waals surface area contributed by atoms with E-state index in [1.165, 1.54) is 21.1 Å². The first-order chi connectivity index (χ1) is 24.6. The highest BCUT2D eigenvalue weighted by Gasteiger charge is 2.42. The number of halogens is 6. The molecule has 5 amide bonds. The Balaban J connectivity index is 1.17. The molecule has 18 heteroatoms. The van der Waals surface area contributed by atoms with E-state index in [0.29, 0.717) is 57.5 Å². The molecule has 3 fully saturated rings. The fraction of sp³-hybridized carbons (Fsp3) is 0.618. The Morgan fingerprint density at radius 2 is 1.50 bits per heavy atom. The van der Waals surface area contributed by atoms with Gasteiger partial charge in [0, 0.05) is 68.7 Å². The summed E-state index contributed by atoms with van der Waals surface area (Å²) in [6.07, 6.45) is -7.77. The zero-order chi connectivity index (χ0) is 37.4. The lowest BCUT2D eigenvalue weighted by Crippen LogP contribution is -2.57. The number of nitrogens with zero attached hydrogens (tertiary/aromatic N) is 5. The molecule has 1 aromatic heterocycles. The van der Waals surface area contributed by atoms with Gasteiger partial charge in [-0.15, -0.1) is 11.3 Å². The summed E-state index contributed by atoms with van der Waals surface area (Å²) in [4.78, 5) is 49.9. The van der Waals surface area contributed by atoms with Crippen LogP contribution in [0.1, 0.15) is 54.4 Å². The monoisotopic (exact) mass is 758 g/mol. The summed E-state index contributed by atoms with van der Waals surface area (Å²) in [5.74, 6) is -0.576. The first-order valence-electron chi connectivity index (χ1n) is 17.5. The number of urea groups is 2. The molecule has 286 valence electrons. The molecule has 2 aromatic rings. The minimum absolute atomic E-state index is 0.156. The Bertz CT molecular complexity index is 1590. The third kappa shape index (κ3) is 8.54. The van der Waals surface area contributed by atoms with Crippen molar-refractivity contribution >= 4 is 40.7 Å². The maximum Gasteiger partial charge on any atom is 0.418 e. The van der Waals surface area contributed by atoms with Gasteiger partial charge in [0.2, 0.25) is 5.91 Å². The molecule has 0 aliphatic carbocycles. The maximum atomic E-state index is 14.1. The second-order valence-electron chi connectivity index (χ2n) is 14.1. The lowest BCUT2D eigenvalue weighted by molar-refractivity contribution is -0.141. The number of thiophene rings is 1. The van der Waals surface area contributed by atoms with Crippen molar-refractivity contribution in [2.24, 2.45) is 0 Å². The van der Waals surface area contributed by atoms with Gasteiger partial charge in [0.15, 0.2) is 0 Å². The Morgan fingerprint density at radius 3 is 2.13 bits per heavy atom. The average molecular weight is 759 g/mol. The van der Waals surface area contributed by atoms with E-state index in [-0.39, 0.29) is 31.2 Å². The number of anilines is 2. The Hall–Kier alpha value is -3.77. The van der Waals surface area contributed by atoms with E-state index in [1.807, 2.05) is 10.8 Å². The fourth-order valence-electron chi connectivity index (χ4n) is 7.75. The molecule has 3 saturated heterocycles. The number of fused-ring (bicyclic) bond motifs is 1. The van der Waals surface area contributed by atoms with E-state index < -0.39 is 59.1 Å². The molecule has 0 spiro atoms. The lowest BCUT2D eigenvalue weighted by Gasteiger charge is -2.41. The number of likely N-dealkylation sites (tertiary alicyclic amines) is 2. The highest BCUT2D eigenvalue weighted by Crippen LogP contribution is 2.42. The molecule has 11 nitrogen and oxygen atoms in total. The minimum Gasteiger partial charge on any atom is -0.398 e. The number of carbonyl (C=O) groups is 3. The summed E-state index contributed by atoms with van der Waals surface area (Å²) in [5, 5.41) is 9.37. The molecule has 4 aliphatic heterocycles. The zero-order valence-electron chi connectivity index (χ0n) is 28.9. The van der Waals surface area contributed by atoms with Gasteiger partial charge >= 0.3 is 24.4 Å². The van der Waals surface area contributed by atoms with E-state index in [9.17, 15) is 40.7 Å². The van der Waals surface area contributed by atoms with E-state index >= 15 is 0 Å². The highest BCUT2D eigenvalue weighted by molar-refractivity contribution is 7.08. The normalized spacial score (nSPS) is 21.1. The van der Waals surface area contributed by atoms with Gasteiger partial charge in [0.05, 0.1) is 29.0 Å². The molecule has 4 aliphatic rings. The van der Waals surface area contributed by atoms with Crippen LogP contribution < -0.4 is 16.4 Å². The summed E-state index contributed by atoms with van der Waals surface area (Å²) in [6, 6.07) is -1.21. The van der Waals surface area contributed by atoms with Crippen molar-refractivity contribution in [3.8, 4) is 0 Å². The molecule has 0 bridgehead atoms. The van der Waals surface area contributed by atoms with Crippen molar-refractivity contribution in [1.29, 1.82) is 0 Å². The van der Waals surface area contributed by atoms with Crippen LogP contribution in [0.5, 0.6) is 0 Å². The summed E-state index contributed by atoms with van der Waals surface area (Å²) in [5.41, 5.74) is 1.96. The molecule has 0 saturated carbocycles. The van der Waals surface area contributed by atoms with Gasteiger partial charge in [-0.25, -0.2) is 9.59 Å². The van der Waals surface area contributed by atoms with E-state index in [1.54, 1.807) is 4.90 Å². The van der Waals surface area contributed by atoms with Crippen molar-refractivity contribution in [3.63, 3.8) is 0 Å². The molecule has 6 rings (SSSR count). The highest BCUT2D eigenvalue weighted by atomic mass is 32.1. The van der Waals surface area contributed by atoms with Gasteiger partial charge < -0.3 is 36.0 Å². The second kappa shape index (κ2) is 15.3. The van der Waals surface area contributed by atoms with Crippen molar-refractivity contribution in [2.45, 2.75) is 75.5 Å². The first-order valence-corrected chi connectivity index (χ1v) is 18.5. The van der Waals surface area contributed by atoms with Gasteiger partial charge in [0.1, 0.15) is 6.04 Å². The van der Waals surface area contributed by atoms with Crippen LogP contribution in [0.2, 0.25) is 0 Å². The van der Waals surface area contributed by atoms with Crippen LogP contribution in [-0.4, -0.2) is 120 Å². The fourth-order valence-corrected chi connectivity index (χ4v) is 8.53. The standard InChI is InChI=1S/C34H44F6N8O3S/c1-44-7-2-8-45(14-13-44)23-3-9-46(10-4-23)30(49)27(17-21-15-25(33(35,36)37)29(41)26(16-21)34(38,39)40)42-31(50)47-11-5-24(6-12-47)48-18-22-19-52-20-28(22)43-32(48)51/h15-16,19-20,23-24,27H,2-14,17-18,41H2,1H3,(H,42,50)(H,43,51)/t27-/m1/s1. The Kier molecular flexibility index (Phi) is 11.2. The van der Waals surface area contributed by atoms with Crippen molar-refractivity contribution < 1.29 is 40.7 Å². The number of amides is 5. The van der Waals surface area contributed by atoms with Gasteiger partial charge in [-0.3, -0.25) is 9.69 Å². The number of rotatable bonds is 6. The van der Waals surface area contributed by atoms with Crippen molar-refractivity contribution in [1.82, 2.24) is 29.8 Å². The van der Waals surface area contributed by atoms with E-state index in [4.69, 9.17) is 5.73 Å². The zero-order valence-corrected chi connectivity index (χ0v) is 29.7. The minimum atomic E-state index is -5.19. The average Bonchev–Trinajstić information content (AvgIpc) is 3.44. The first kappa shape index (κ1) is 38.0. The van der Waals surface area contributed by atoms with Crippen LogP contribution in [0, 0.1) is 0 Å². The third-order valence-corrected chi connectivity index (χ3v) is 11.5. The molecule has 1 aromatic carbocycles. The lowest BCUT2D eigenvalue weighted by atomic mass is 9.96. The van der Waals surface area contributed by atoms with Crippen molar-refractivity contribution in [2.75, 3.05) is 70.5 Å². The van der Waals surface area contributed by atoms with Crippen LogP contribution >= 0.6 is 11.3 Å². The van der Waals surface area contributed by atoms with Gasteiger partial charge in [-0.05, 0) is 75.3 Å². The molecular weight excluding hydrogens is 714 g/mol. The maximum absolute atomic E-state index is 14.1. The Morgan fingerprint density at radius 1 is 0.885 bits per heavy atom. The van der Waals surface area contributed by atoms with Crippen LogP contribution in [0.3, 0.4) is 0 Å². The number of nitrogens with one attached hydrogen (secondary N) is 2. The predicted molar refractivity (Wildman–Crippen MR) is 184 cm³/mol. The van der Waals surface area contributed by atoms with Crippen LogP contribution in [0.15, 0.2) is 22.9 Å². The smallest absolute Gasteiger partial charge is 0.398 e. The predicted octanol–water partition coefficient (Wildman–Crippen LogP) is 5.13. The quantitative estimate of drug-likeness (QED) is 0.278. The number of hydrogen-bond acceptors (Lipinski definition) is 7. The molecule has 1 atom stereocenters. The summed E-state index contributed by atoms with van der Waals surface area (Å²) < 4.78 is 83.3. The topological polar surface area (TPSA) is 117 Å². The molecule has 52 heavy (non-hydrogen) atoms. The second-order valence-corrected chi connectivity index (χ2v) is 14.9. The number of nitrogen functional groups attached to an aromatic ring is 1. The van der Waals surface area contributed by atoms with Gasteiger partial charge in [-0.1, -0.05) is 0 Å².